The third-order valence-corrected chi connectivity index (χ3v) is 6.48. The first-order valence-corrected chi connectivity index (χ1v) is 11.8. The molecule has 2 fully saturated rings. The molecule has 3 amide bonds. The number of ether oxygens (including phenoxy) is 1. The van der Waals surface area contributed by atoms with E-state index in [0.717, 1.165) is 37.7 Å². The van der Waals surface area contributed by atoms with Crippen LogP contribution in [0.1, 0.15) is 61.9 Å². The van der Waals surface area contributed by atoms with Crippen molar-refractivity contribution in [3.63, 3.8) is 0 Å². The highest BCUT2D eigenvalue weighted by Gasteiger charge is 2.37. The van der Waals surface area contributed by atoms with Crippen molar-refractivity contribution in [2.75, 3.05) is 14.1 Å². The lowest BCUT2D eigenvalue weighted by Crippen LogP contribution is -2.45. The number of benzene rings is 1. The minimum Gasteiger partial charge on any atom is -0.446 e. The maximum absolute atomic E-state index is 12.5. The standard InChI is InChI=1S/C24H37N5O4/c1-5-15(2)25-24(32)33-19-11-10-18(13-19)20-14-21(28-27-20)26-22(30)12-16-6-8-17(9-7-16)23(31)29(3)4/h6-9,15,18-21,27-28H,5,10-14H2,1-4H3,(H,25,32)(H,26,30)/t15-,18-,19+,20?,21?/m0/s1. The molecular formula is C24H37N5O4. The van der Waals surface area contributed by atoms with Crippen LogP contribution in [0.2, 0.25) is 0 Å². The van der Waals surface area contributed by atoms with E-state index in [4.69, 9.17) is 4.74 Å². The second kappa shape index (κ2) is 11.5. The van der Waals surface area contributed by atoms with Crippen molar-refractivity contribution in [2.24, 2.45) is 5.92 Å². The topological polar surface area (TPSA) is 112 Å². The molecule has 5 atom stereocenters. The number of hydrogen-bond donors (Lipinski definition) is 4. The number of hydrazine groups is 1. The van der Waals surface area contributed by atoms with Gasteiger partial charge in [0.15, 0.2) is 0 Å². The Bertz CT molecular complexity index is 829. The van der Waals surface area contributed by atoms with Crippen LogP contribution in [0.5, 0.6) is 0 Å². The first-order chi connectivity index (χ1) is 15.7. The number of alkyl carbamates (subject to hydrolysis) is 1. The van der Waals surface area contributed by atoms with Crippen molar-refractivity contribution < 1.29 is 19.1 Å². The zero-order chi connectivity index (χ0) is 24.0. The van der Waals surface area contributed by atoms with E-state index >= 15 is 0 Å². The lowest BCUT2D eigenvalue weighted by molar-refractivity contribution is -0.121. The van der Waals surface area contributed by atoms with Crippen molar-refractivity contribution in [3.8, 4) is 0 Å². The summed E-state index contributed by atoms with van der Waals surface area (Å²) in [5, 5.41) is 5.87. The molecule has 182 valence electrons. The van der Waals surface area contributed by atoms with Crippen molar-refractivity contribution in [2.45, 2.75) is 76.7 Å². The van der Waals surface area contributed by atoms with E-state index in [-0.39, 0.29) is 48.7 Å². The highest BCUT2D eigenvalue weighted by molar-refractivity contribution is 5.94. The number of carbonyl (C=O) groups excluding carboxylic acids is 3. The molecule has 2 unspecified atom stereocenters. The van der Waals surface area contributed by atoms with Crippen LogP contribution in [0.3, 0.4) is 0 Å². The molecule has 2 aliphatic rings. The highest BCUT2D eigenvalue weighted by atomic mass is 16.6. The molecule has 1 aromatic rings. The van der Waals surface area contributed by atoms with E-state index < -0.39 is 0 Å². The van der Waals surface area contributed by atoms with E-state index in [2.05, 4.69) is 21.5 Å². The SMILES string of the molecule is CC[C@H](C)NC(=O)O[C@@H]1CC[C@H](C2CC(NC(=O)Cc3ccc(C(=O)N(C)C)cc3)NN2)C1. The molecule has 0 aromatic heterocycles. The van der Waals surface area contributed by atoms with Gasteiger partial charge < -0.3 is 20.3 Å². The summed E-state index contributed by atoms with van der Waals surface area (Å²) in [6, 6.07) is 7.46. The number of nitrogens with zero attached hydrogens (tertiary/aromatic N) is 1. The Morgan fingerprint density at radius 3 is 2.52 bits per heavy atom. The van der Waals surface area contributed by atoms with Gasteiger partial charge >= 0.3 is 6.09 Å². The van der Waals surface area contributed by atoms with Crippen LogP contribution in [0.25, 0.3) is 0 Å². The van der Waals surface area contributed by atoms with Crippen LogP contribution in [0, 0.1) is 5.92 Å². The van der Waals surface area contributed by atoms with Crippen molar-refractivity contribution in [1.82, 2.24) is 26.4 Å². The highest BCUT2D eigenvalue weighted by Crippen LogP contribution is 2.32. The Labute approximate surface area is 196 Å². The van der Waals surface area contributed by atoms with Gasteiger partial charge in [0.05, 0.1) is 12.6 Å². The van der Waals surface area contributed by atoms with Gasteiger partial charge in [0.2, 0.25) is 5.91 Å². The smallest absolute Gasteiger partial charge is 0.407 e. The molecule has 9 nitrogen and oxygen atoms in total. The predicted octanol–water partition coefficient (Wildman–Crippen LogP) is 1.93. The normalized spacial score (nSPS) is 25.3. The van der Waals surface area contributed by atoms with Crippen LogP contribution >= 0.6 is 0 Å². The summed E-state index contributed by atoms with van der Waals surface area (Å²) in [5.41, 5.74) is 7.93. The van der Waals surface area contributed by atoms with Gasteiger partial charge in [0.1, 0.15) is 6.10 Å². The second-order valence-corrected chi connectivity index (χ2v) is 9.38. The fourth-order valence-electron chi connectivity index (χ4n) is 4.37. The molecular weight excluding hydrogens is 422 g/mol. The maximum Gasteiger partial charge on any atom is 0.407 e. The number of amides is 3. The van der Waals surface area contributed by atoms with E-state index in [1.807, 2.05) is 26.0 Å². The monoisotopic (exact) mass is 459 g/mol. The molecule has 3 rings (SSSR count). The first-order valence-electron chi connectivity index (χ1n) is 11.8. The van der Waals surface area contributed by atoms with Crippen LogP contribution in [-0.4, -0.2) is 61.3 Å². The van der Waals surface area contributed by atoms with E-state index in [1.54, 1.807) is 26.2 Å². The Balaban J connectivity index is 1.40. The molecule has 1 saturated carbocycles. The maximum atomic E-state index is 12.5. The second-order valence-electron chi connectivity index (χ2n) is 9.38. The summed E-state index contributed by atoms with van der Waals surface area (Å²) in [4.78, 5) is 38.0. The van der Waals surface area contributed by atoms with Crippen LogP contribution < -0.4 is 21.5 Å². The largest absolute Gasteiger partial charge is 0.446 e. The number of nitrogens with one attached hydrogen (secondary N) is 4. The van der Waals surface area contributed by atoms with E-state index in [9.17, 15) is 14.4 Å². The quantitative estimate of drug-likeness (QED) is 0.473. The molecule has 33 heavy (non-hydrogen) atoms. The summed E-state index contributed by atoms with van der Waals surface area (Å²) >= 11 is 0. The number of hydrogen-bond acceptors (Lipinski definition) is 6. The van der Waals surface area contributed by atoms with Crippen molar-refractivity contribution in [1.29, 1.82) is 0 Å². The van der Waals surface area contributed by atoms with Gasteiger partial charge in [-0.1, -0.05) is 19.1 Å². The van der Waals surface area contributed by atoms with Gasteiger partial charge in [0.25, 0.3) is 5.91 Å². The summed E-state index contributed by atoms with van der Waals surface area (Å²) in [7, 11) is 3.42. The first kappa shape index (κ1) is 25.0. The van der Waals surface area contributed by atoms with Crippen LogP contribution in [0.4, 0.5) is 4.79 Å². The molecule has 1 aliphatic heterocycles. The van der Waals surface area contributed by atoms with E-state index in [1.165, 1.54) is 4.90 Å². The van der Waals surface area contributed by atoms with Gasteiger partial charge in [-0.15, -0.1) is 0 Å². The van der Waals surface area contributed by atoms with E-state index in [0.29, 0.717) is 11.5 Å². The lowest BCUT2D eigenvalue weighted by atomic mass is 9.96. The fourth-order valence-corrected chi connectivity index (χ4v) is 4.37. The van der Waals surface area contributed by atoms with Gasteiger partial charge in [-0.2, -0.15) is 0 Å². The van der Waals surface area contributed by atoms with Gasteiger partial charge in [0, 0.05) is 31.7 Å². The van der Waals surface area contributed by atoms with Gasteiger partial charge in [-0.05, 0) is 62.6 Å². The Morgan fingerprint density at radius 2 is 1.85 bits per heavy atom. The Kier molecular flexibility index (Phi) is 8.68. The minimum atomic E-state index is -0.336. The molecule has 0 radical (unpaired) electrons. The van der Waals surface area contributed by atoms with Crippen LogP contribution in [0.15, 0.2) is 24.3 Å². The molecule has 4 N–H and O–H groups in total. The Morgan fingerprint density at radius 1 is 1.12 bits per heavy atom. The molecule has 0 spiro atoms. The third-order valence-electron chi connectivity index (χ3n) is 6.48. The molecule has 1 aliphatic carbocycles. The van der Waals surface area contributed by atoms with Gasteiger partial charge in [-0.3, -0.25) is 15.0 Å². The van der Waals surface area contributed by atoms with Gasteiger partial charge in [-0.25, -0.2) is 10.2 Å². The average Bonchev–Trinajstić information content (AvgIpc) is 3.43. The van der Waals surface area contributed by atoms with Crippen molar-refractivity contribution >= 4 is 17.9 Å². The van der Waals surface area contributed by atoms with Crippen molar-refractivity contribution in [3.05, 3.63) is 35.4 Å². The summed E-state index contributed by atoms with van der Waals surface area (Å²) in [6.07, 6.45) is 4.03. The molecule has 1 heterocycles. The molecule has 9 heteroatoms. The fraction of sp³-hybridized carbons (Fsp3) is 0.625. The predicted molar refractivity (Wildman–Crippen MR) is 125 cm³/mol. The minimum absolute atomic E-state index is 0.0585. The summed E-state index contributed by atoms with van der Waals surface area (Å²) < 4.78 is 5.58. The third kappa shape index (κ3) is 7.17. The summed E-state index contributed by atoms with van der Waals surface area (Å²) in [5.74, 6) is 0.257. The molecule has 1 aromatic carbocycles. The summed E-state index contributed by atoms with van der Waals surface area (Å²) in [6.45, 7) is 3.98. The molecule has 1 saturated heterocycles. The average molecular weight is 460 g/mol. The molecule has 0 bridgehead atoms. The zero-order valence-electron chi connectivity index (χ0n) is 20.0. The van der Waals surface area contributed by atoms with Crippen LogP contribution in [-0.2, 0) is 16.0 Å². The number of rotatable bonds is 8. The Hall–Kier alpha value is -2.65. The zero-order valence-corrected chi connectivity index (χ0v) is 20.0. The number of carbonyl (C=O) groups is 3. The lowest BCUT2D eigenvalue weighted by Gasteiger charge is -2.19.